The summed E-state index contributed by atoms with van der Waals surface area (Å²) in [5.74, 6) is 1.17. The van der Waals surface area contributed by atoms with E-state index in [-0.39, 0.29) is 24.0 Å². The van der Waals surface area contributed by atoms with E-state index in [9.17, 15) is 0 Å². The SMILES string of the molecule is CN=C(NCc1ncccc1C)NCC(C)COCc1ccccc1.I. The molecule has 0 fully saturated rings. The third-order valence-corrected chi connectivity index (χ3v) is 3.90. The van der Waals surface area contributed by atoms with E-state index in [2.05, 4.69) is 52.7 Å². The summed E-state index contributed by atoms with van der Waals surface area (Å²) >= 11 is 0. The lowest BCUT2D eigenvalue weighted by Gasteiger charge is -2.16. The Bertz CT molecular complexity index is 664. The van der Waals surface area contributed by atoms with Crippen LogP contribution in [0.1, 0.15) is 23.7 Å². The van der Waals surface area contributed by atoms with Crippen LogP contribution in [0.4, 0.5) is 0 Å². The summed E-state index contributed by atoms with van der Waals surface area (Å²) in [6.45, 7) is 7.04. The molecule has 1 unspecified atom stereocenters. The van der Waals surface area contributed by atoms with E-state index < -0.39 is 0 Å². The summed E-state index contributed by atoms with van der Waals surface area (Å²) in [5, 5.41) is 6.64. The predicted octanol–water partition coefficient (Wildman–Crippen LogP) is 3.53. The topological polar surface area (TPSA) is 58.5 Å². The number of rotatable bonds is 8. The smallest absolute Gasteiger partial charge is 0.191 e. The summed E-state index contributed by atoms with van der Waals surface area (Å²) in [6.07, 6.45) is 1.81. The second kappa shape index (κ2) is 12.6. The van der Waals surface area contributed by atoms with Gasteiger partial charge in [-0.2, -0.15) is 0 Å². The highest BCUT2D eigenvalue weighted by Gasteiger charge is 2.06. The molecule has 0 saturated heterocycles. The lowest BCUT2D eigenvalue weighted by atomic mass is 10.2. The molecule has 0 saturated carbocycles. The number of nitrogens with one attached hydrogen (secondary N) is 2. The van der Waals surface area contributed by atoms with E-state index in [1.54, 1.807) is 7.05 Å². The third-order valence-electron chi connectivity index (χ3n) is 3.90. The molecule has 0 aliphatic heterocycles. The third kappa shape index (κ3) is 8.14. The highest BCUT2D eigenvalue weighted by molar-refractivity contribution is 14.0. The van der Waals surface area contributed by atoms with Crippen molar-refractivity contribution in [1.29, 1.82) is 0 Å². The number of guanidine groups is 1. The van der Waals surface area contributed by atoms with Crippen LogP contribution < -0.4 is 10.6 Å². The average Bonchev–Trinajstić information content (AvgIpc) is 2.64. The number of hydrogen-bond donors (Lipinski definition) is 2. The van der Waals surface area contributed by atoms with Gasteiger partial charge in [-0.05, 0) is 30.0 Å². The van der Waals surface area contributed by atoms with Gasteiger partial charge in [0.1, 0.15) is 0 Å². The molecule has 0 spiro atoms. The predicted molar refractivity (Wildman–Crippen MR) is 118 cm³/mol. The molecular weight excluding hydrogens is 439 g/mol. The molecule has 1 atom stereocenters. The maximum atomic E-state index is 5.78. The van der Waals surface area contributed by atoms with Crippen molar-refractivity contribution in [2.75, 3.05) is 20.2 Å². The zero-order chi connectivity index (χ0) is 17.9. The minimum Gasteiger partial charge on any atom is -0.376 e. The van der Waals surface area contributed by atoms with Crippen molar-refractivity contribution in [1.82, 2.24) is 15.6 Å². The molecule has 1 aromatic heterocycles. The molecule has 0 bridgehead atoms. The first-order valence-electron chi connectivity index (χ1n) is 8.65. The van der Waals surface area contributed by atoms with Crippen molar-refractivity contribution in [2.45, 2.75) is 27.0 Å². The Balaban J connectivity index is 0.00000338. The monoisotopic (exact) mass is 468 g/mol. The highest BCUT2D eigenvalue weighted by atomic mass is 127. The molecule has 2 rings (SSSR count). The van der Waals surface area contributed by atoms with Crippen LogP contribution in [-0.4, -0.2) is 31.1 Å². The molecule has 6 heteroatoms. The lowest BCUT2D eigenvalue weighted by molar-refractivity contribution is 0.0931. The Kier molecular flexibility index (Phi) is 10.9. The lowest BCUT2D eigenvalue weighted by Crippen LogP contribution is -2.39. The zero-order valence-electron chi connectivity index (χ0n) is 15.7. The Labute approximate surface area is 173 Å². The van der Waals surface area contributed by atoms with E-state index in [4.69, 9.17) is 4.74 Å². The van der Waals surface area contributed by atoms with Gasteiger partial charge in [-0.25, -0.2) is 0 Å². The first-order valence-corrected chi connectivity index (χ1v) is 8.65. The van der Waals surface area contributed by atoms with E-state index in [1.807, 2.05) is 30.5 Å². The van der Waals surface area contributed by atoms with Crippen LogP contribution in [0.5, 0.6) is 0 Å². The van der Waals surface area contributed by atoms with E-state index in [0.717, 1.165) is 18.2 Å². The first kappa shape index (κ1) is 22.4. The van der Waals surface area contributed by atoms with Crippen LogP contribution in [-0.2, 0) is 17.9 Å². The fourth-order valence-corrected chi connectivity index (χ4v) is 2.37. The Morgan fingerprint density at radius 3 is 2.62 bits per heavy atom. The maximum Gasteiger partial charge on any atom is 0.191 e. The van der Waals surface area contributed by atoms with Crippen LogP contribution in [0.25, 0.3) is 0 Å². The number of hydrogen-bond acceptors (Lipinski definition) is 3. The summed E-state index contributed by atoms with van der Waals surface area (Å²) in [6, 6.07) is 14.2. The molecule has 1 aromatic carbocycles. The van der Waals surface area contributed by atoms with Gasteiger partial charge in [0, 0.05) is 19.8 Å². The number of aryl methyl sites for hydroxylation is 1. The van der Waals surface area contributed by atoms with Crippen LogP contribution in [0.15, 0.2) is 53.7 Å². The number of aliphatic imine (C=N–C) groups is 1. The Hall–Kier alpha value is -1.67. The first-order chi connectivity index (χ1) is 12.2. The minimum atomic E-state index is 0. The molecule has 2 aromatic rings. The second-order valence-corrected chi connectivity index (χ2v) is 6.18. The molecule has 0 radical (unpaired) electrons. The van der Waals surface area contributed by atoms with Crippen molar-refractivity contribution in [3.05, 3.63) is 65.5 Å². The summed E-state index contributed by atoms with van der Waals surface area (Å²) in [4.78, 5) is 8.64. The minimum absolute atomic E-state index is 0. The van der Waals surface area contributed by atoms with Crippen LogP contribution in [0.3, 0.4) is 0 Å². The molecule has 142 valence electrons. The second-order valence-electron chi connectivity index (χ2n) is 6.18. The van der Waals surface area contributed by atoms with Gasteiger partial charge in [0.2, 0.25) is 0 Å². The molecule has 0 aliphatic carbocycles. The van der Waals surface area contributed by atoms with E-state index in [1.165, 1.54) is 11.1 Å². The van der Waals surface area contributed by atoms with E-state index in [0.29, 0.717) is 25.7 Å². The Morgan fingerprint density at radius 2 is 1.92 bits per heavy atom. The van der Waals surface area contributed by atoms with Crippen molar-refractivity contribution in [3.8, 4) is 0 Å². The molecular formula is C20H29IN4O. The number of pyridine rings is 1. The van der Waals surface area contributed by atoms with Crippen molar-refractivity contribution >= 4 is 29.9 Å². The summed E-state index contributed by atoms with van der Waals surface area (Å²) < 4.78 is 5.78. The van der Waals surface area contributed by atoms with Gasteiger partial charge in [-0.15, -0.1) is 24.0 Å². The molecule has 5 nitrogen and oxygen atoms in total. The average molecular weight is 468 g/mol. The molecule has 0 amide bonds. The summed E-state index contributed by atoms with van der Waals surface area (Å²) in [7, 11) is 1.77. The van der Waals surface area contributed by atoms with Gasteiger partial charge in [0.25, 0.3) is 0 Å². The molecule has 1 heterocycles. The van der Waals surface area contributed by atoms with Crippen molar-refractivity contribution in [2.24, 2.45) is 10.9 Å². The van der Waals surface area contributed by atoms with Crippen LogP contribution in [0, 0.1) is 12.8 Å². The maximum absolute atomic E-state index is 5.78. The van der Waals surface area contributed by atoms with Crippen molar-refractivity contribution < 1.29 is 4.74 Å². The van der Waals surface area contributed by atoms with Gasteiger partial charge in [-0.1, -0.05) is 43.3 Å². The molecule has 2 N–H and O–H groups in total. The standard InChI is InChI=1S/C20H28N4O.HI/c1-16(14-25-15-18-9-5-4-6-10-18)12-23-20(21-3)24-13-19-17(2)8-7-11-22-19;/h4-11,16H,12-15H2,1-3H3,(H2,21,23,24);1H. The number of aromatic nitrogens is 1. The largest absolute Gasteiger partial charge is 0.376 e. The fourth-order valence-electron chi connectivity index (χ4n) is 2.37. The van der Waals surface area contributed by atoms with Gasteiger partial charge in [0.05, 0.1) is 25.5 Å². The summed E-state index contributed by atoms with van der Waals surface area (Å²) in [5.41, 5.74) is 3.41. The normalized spacial score (nSPS) is 12.2. The number of benzene rings is 1. The molecule has 26 heavy (non-hydrogen) atoms. The Morgan fingerprint density at radius 1 is 1.15 bits per heavy atom. The number of nitrogens with zero attached hydrogens (tertiary/aromatic N) is 2. The van der Waals surface area contributed by atoms with Crippen LogP contribution in [0.2, 0.25) is 0 Å². The van der Waals surface area contributed by atoms with Crippen LogP contribution >= 0.6 is 24.0 Å². The number of halogens is 1. The van der Waals surface area contributed by atoms with Gasteiger partial charge >= 0.3 is 0 Å². The van der Waals surface area contributed by atoms with Crippen molar-refractivity contribution in [3.63, 3.8) is 0 Å². The highest BCUT2D eigenvalue weighted by Crippen LogP contribution is 2.03. The van der Waals surface area contributed by atoms with Gasteiger partial charge in [-0.3, -0.25) is 9.98 Å². The number of ether oxygens (including phenoxy) is 1. The van der Waals surface area contributed by atoms with Gasteiger partial charge in [0.15, 0.2) is 5.96 Å². The fraction of sp³-hybridized carbons (Fsp3) is 0.400. The zero-order valence-corrected chi connectivity index (χ0v) is 18.1. The quantitative estimate of drug-likeness (QED) is 0.354. The molecule has 0 aliphatic rings. The van der Waals surface area contributed by atoms with E-state index >= 15 is 0 Å². The van der Waals surface area contributed by atoms with Gasteiger partial charge < -0.3 is 15.4 Å².